The van der Waals surface area contributed by atoms with Crippen molar-refractivity contribution in [2.45, 2.75) is 30.6 Å². The first kappa shape index (κ1) is 37.8. The number of anilines is 1. The van der Waals surface area contributed by atoms with E-state index in [4.69, 9.17) is 27.3 Å². The number of amides is 3. The second-order valence-electron chi connectivity index (χ2n) is 12.0. The molecule has 0 unspecified atom stereocenters. The highest BCUT2D eigenvalue weighted by molar-refractivity contribution is 7.93. The summed E-state index contributed by atoms with van der Waals surface area (Å²) in [5.74, 6) is -1.94. The van der Waals surface area contributed by atoms with Gasteiger partial charge in [0.2, 0.25) is 11.0 Å². The summed E-state index contributed by atoms with van der Waals surface area (Å²) >= 11 is 0. The first-order valence-electron chi connectivity index (χ1n) is 16.2. The van der Waals surface area contributed by atoms with Crippen LogP contribution in [0.25, 0.3) is 21.8 Å². The van der Waals surface area contributed by atoms with Gasteiger partial charge in [-0.25, -0.2) is 21.6 Å². The van der Waals surface area contributed by atoms with Crippen molar-refractivity contribution in [1.29, 1.82) is 0 Å². The summed E-state index contributed by atoms with van der Waals surface area (Å²) in [5, 5.41) is 1.64. The fraction of sp³-hybridized carbons (Fsp3) is 0.194. The van der Waals surface area contributed by atoms with Crippen molar-refractivity contribution in [3.8, 4) is 11.5 Å². The van der Waals surface area contributed by atoms with Crippen LogP contribution in [0.4, 0.5) is 9.57 Å². The third kappa shape index (κ3) is 7.99. The normalized spacial score (nSPS) is 14.1. The number of halogens is 1. The molecule has 0 N–H and O–H groups in total. The summed E-state index contributed by atoms with van der Waals surface area (Å²) < 4.78 is 78.6. The Morgan fingerprint density at radius 1 is 0.833 bits per heavy atom. The number of aryl methyl sites for hydroxylation is 2. The Morgan fingerprint density at radius 2 is 1.37 bits per heavy atom. The molecule has 0 bridgehead atoms. The van der Waals surface area contributed by atoms with Gasteiger partial charge >= 0.3 is 5.97 Å². The second-order valence-corrected chi connectivity index (χ2v) is 14.5. The number of hydrogen-bond donors (Lipinski definition) is 0. The lowest BCUT2D eigenvalue weighted by Gasteiger charge is -2.26. The van der Waals surface area contributed by atoms with E-state index in [2.05, 4.69) is 0 Å². The molecule has 3 amide bonds. The van der Waals surface area contributed by atoms with Gasteiger partial charge in [0.25, 0.3) is 38.2 Å². The SMILES string of the molecule is C[n+]1c2ccccc2c(C(=O)N(c2ccc3c(c2)OCCO3)S(=O)(=O)c2ccc(CCC(=O)ON3C(=O)CCC3=O)cc2)c2ccccc21.O=S(=O)([O-])F. The number of benzene rings is 4. The van der Waals surface area contributed by atoms with Gasteiger partial charge in [0.15, 0.2) is 11.5 Å². The van der Waals surface area contributed by atoms with Crippen molar-refractivity contribution in [2.75, 3.05) is 17.5 Å². The minimum absolute atomic E-state index is 0.0108. The smallest absolute Gasteiger partial charge is 0.333 e. The van der Waals surface area contributed by atoms with Crippen LogP contribution in [-0.4, -0.2) is 63.4 Å². The number of imide groups is 1. The number of para-hydroxylation sites is 2. The number of carbonyl (C=O) groups is 4. The molecular formula is C36H30FN3O12S2. The standard InChI is InChI=1S/C36H30N3O9S.FHO3S/c1-37-28-8-4-2-6-26(28)35(27-7-3-5-9-29(27)37)36(43)39(24-13-16-30-31(22-24)47-21-20-46-30)49(44,45)25-14-10-23(11-15-25)12-19-34(42)48-38-32(40)17-18-33(38)41;1-5(2,3)4/h2-11,13-16,22H,12,17-21H2,1H3;(H,2,3,4)/q+1;/p-1. The summed E-state index contributed by atoms with van der Waals surface area (Å²) in [6, 6.07) is 25.0. The second kappa shape index (κ2) is 15.2. The van der Waals surface area contributed by atoms with E-state index >= 15 is 0 Å². The molecule has 1 saturated heterocycles. The molecule has 1 fully saturated rings. The van der Waals surface area contributed by atoms with E-state index in [1.807, 2.05) is 35.9 Å². The molecule has 5 aromatic rings. The molecule has 3 heterocycles. The van der Waals surface area contributed by atoms with Crippen LogP contribution in [0.1, 0.15) is 35.2 Å². The summed E-state index contributed by atoms with van der Waals surface area (Å²) in [7, 11) is -8.07. The third-order valence-corrected chi connectivity index (χ3v) is 10.2. The quantitative estimate of drug-likeness (QED) is 0.0731. The van der Waals surface area contributed by atoms with Gasteiger partial charge in [0, 0.05) is 31.0 Å². The highest BCUT2D eigenvalue weighted by Gasteiger charge is 2.36. The summed E-state index contributed by atoms with van der Waals surface area (Å²) in [6.45, 7) is 0.603. The minimum atomic E-state index is -5.42. The number of aromatic nitrogens is 1. The van der Waals surface area contributed by atoms with Gasteiger partial charge in [0.1, 0.15) is 20.3 Å². The molecular weight excluding hydrogens is 750 g/mol. The zero-order valence-electron chi connectivity index (χ0n) is 28.3. The topological polar surface area (TPSA) is 198 Å². The lowest BCUT2D eigenvalue weighted by Crippen LogP contribution is -2.39. The van der Waals surface area contributed by atoms with Crippen LogP contribution in [0.2, 0.25) is 0 Å². The van der Waals surface area contributed by atoms with Crippen molar-refractivity contribution in [1.82, 2.24) is 5.06 Å². The van der Waals surface area contributed by atoms with Gasteiger partial charge in [0.05, 0.1) is 33.3 Å². The monoisotopic (exact) mass is 779 g/mol. The predicted octanol–water partition coefficient (Wildman–Crippen LogP) is 3.58. The Labute approximate surface area is 308 Å². The number of carbonyl (C=O) groups excluding carboxylic acids is 4. The molecule has 15 nitrogen and oxygen atoms in total. The first-order valence-corrected chi connectivity index (χ1v) is 19.0. The number of sulfonamides is 1. The zero-order valence-corrected chi connectivity index (χ0v) is 30.0. The molecule has 2 aliphatic rings. The Morgan fingerprint density at radius 3 is 1.94 bits per heavy atom. The van der Waals surface area contributed by atoms with E-state index in [1.165, 1.54) is 36.4 Å². The summed E-state index contributed by atoms with van der Waals surface area (Å²) in [5.41, 5.74) is 2.36. The Bertz CT molecular complexity index is 2470. The highest BCUT2D eigenvalue weighted by atomic mass is 32.3. The molecule has 0 atom stereocenters. The van der Waals surface area contributed by atoms with E-state index in [-0.39, 0.29) is 48.4 Å². The van der Waals surface area contributed by atoms with Gasteiger partial charge in [-0.05, 0) is 48.4 Å². The van der Waals surface area contributed by atoms with Crippen molar-refractivity contribution < 1.29 is 63.3 Å². The van der Waals surface area contributed by atoms with Crippen molar-refractivity contribution >= 4 is 71.7 Å². The minimum Gasteiger partial charge on any atom is -0.722 e. The fourth-order valence-electron chi connectivity index (χ4n) is 6.07. The number of fused-ring (bicyclic) bond motifs is 3. The van der Waals surface area contributed by atoms with E-state index in [0.717, 1.165) is 15.3 Å². The molecule has 0 aliphatic carbocycles. The molecule has 7 rings (SSSR count). The van der Waals surface area contributed by atoms with E-state index in [1.54, 1.807) is 30.3 Å². The first-order chi connectivity index (χ1) is 25.6. The predicted molar refractivity (Wildman–Crippen MR) is 187 cm³/mol. The van der Waals surface area contributed by atoms with Crippen molar-refractivity contribution in [3.63, 3.8) is 0 Å². The molecule has 280 valence electrons. The average molecular weight is 780 g/mol. The largest absolute Gasteiger partial charge is 0.722 e. The number of hydrogen-bond acceptors (Lipinski definition) is 12. The average Bonchev–Trinajstić information content (AvgIpc) is 3.45. The van der Waals surface area contributed by atoms with Gasteiger partial charge in [-0.15, -0.1) is 8.95 Å². The van der Waals surface area contributed by atoms with Crippen LogP contribution >= 0.6 is 0 Å². The summed E-state index contributed by atoms with van der Waals surface area (Å²) in [6.07, 6.45) is -0.0257. The Hall–Kier alpha value is -5.98. The van der Waals surface area contributed by atoms with Gasteiger partial charge in [-0.3, -0.25) is 14.4 Å². The number of pyridine rings is 1. The fourth-order valence-corrected chi connectivity index (χ4v) is 7.46. The number of rotatable bonds is 8. The summed E-state index contributed by atoms with van der Waals surface area (Å²) in [4.78, 5) is 55.5. The molecule has 0 spiro atoms. The van der Waals surface area contributed by atoms with E-state index in [0.29, 0.717) is 39.5 Å². The van der Waals surface area contributed by atoms with Crippen LogP contribution < -0.4 is 18.3 Å². The molecule has 54 heavy (non-hydrogen) atoms. The van der Waals surface area contributed by atoms with Crippen LogP contribution in [0.5, 0.6) is 11.5 Å². The lowest BCUT2D eigenvalue weighted by atomic mass is 10.0. The third-order valence-electron chi connectivity index (χ3n) is 8.51. The van der Waals surface area contributed by atoms with Crippen LogP contribution in [0, 0.1) is 0 Å². The molecule has 0 saturated carbocycles. The van der Waals surface area contributed by atoms with Crippen molar-refractivity contribution in [2.24, 2.45) is 7.05 Å². The maximum Gasteiger partial charge on any atom is 0.333 e. The van der Waals surface area contributed by atoms with Gasteiger partial charge in [-0.2, -0.15) is 8.87 Å². The molecule has 0 radical (unpaired) electrons. The Balaban J connectivity index is 0.000000934. The van der Waals surface area contributed by atoms with Crippen LogP contribution in [-0.2, 0) is 53.2 Å². The molecule has 1 aromatic heterocycles. The van der Waals surface area contributed by atoms with E-state index in [9.17, 15) is 31.5 Å². The number of hydroxylamine groups is 2. The van der Waals surface area contributed by atoms with Gasteiger partial charge < -0.3 is 18.9 Å². The highest BCUT2D eigenvalue weighted by Crippen LogP contribution is 2.38. The molecule has 18 heteroatoms. The lowest BCUT2D eigenvalue weighted by molar-refractivity contribution is -0.617. The molecule has 2 aliphatic heterocycles. The maximum absolute atomic E-state index is 14.9. The Kier molecular flexibility index (Phi) is 10.6. The van der Waals surface area contributed by atoms with Gasteiger partial charge in [-0.1, -0.05) is 36.4 Å². The zero-order chi connectivity index (χ0) is 38.8. The van der Waals surface area contributed by atoms with E-state index < -0.39 is 44.2 Å². The van der Waals surface area contributed by atoms with Crippen LogP contribution in [0.3, 0.4) is 0 Å². The van der Waals surface area contributed by atoms with Crippen molar-refractivity contribution in [3.05, 3.63) is 102 Å². The molecule has 4 aromatic carbocycles. The maximum atomic E-state index is 14.9. The van der Waals surface area contributed by atoms with Crippen LogP contribution in [0.15, 0.2) is 95.9 Å². The number of nitrogens with zero attached hydrogens (tertiary/aromatic N) is 3. The number of ether oxygens (including phenoxy) is 2.